The predicted octanol–water partition coefficient (Wildman–Crippen LogP) is 3.40. The van der Waals surface area contributed by atoms with E-state index in [-0.39, 0.29) is 0 Å². The van der Waals surface area contributed by atoms with Gasteiger partial charge in [-0.05, 0) is 51.6 Å². The van der Waals surface area contributed by atoms with Gasteiger partial charge in [-0.15, -0.1) is 0 Å². The average Bonchev–Trinajstić information content (AvgIpc) is 2.39. The fourth-order valence-corrected chi connectivity index (χ4v) is 3.19. The molecule has 1 fully saturated rings. The molecule has 0 amide bonds. The maximum absolute atomic E-state index is 5.98. The highest BCUT2D eigenvalue weighted by Crippen LogP contribution is 2.29. The fraction of sp³-hybridized carbons (Fsp3) is 1.00. The summed E-state index contributed by atoms with van der Waals surface area (Å²) in [5.41, 5.74) is 5.98. The van der Waals surface area contributed by atoms with E-state index < -0.39 is 0 Å². The molecule has 0 bridgehead atoms. The Labute approximate surface area is 108 Å². The van der Waals surface area contributed by atoms with Crippen LogP contribution in [-0.2, 0) is 0 Å². The van der Waals surface area contributed by atoms with Gasteiger partial charge in [-0.3, -0.25) is 4.90 Å². The number of hydrogen-bond acceptors (Lipinski definition) is 2. The quantitative estimate of drug-likeness (QED) is 0.739. The molecule has 2 N–H and O–H groups in total. The van der Waals surface area contributed by atoms with Gasteiger partial charge in [0.2, 0.25) is 0 Å². The summed E-state index contributed by atoms with van der Waals surface area (Å²) in [7, 11) is 0. The van der Waals surface area contributed by atoms with Crippen molar-refractivity contribution in [2.45, 2.75) is 77.8 Å². The number of nitrogens with zero attached hydrogens (tertiary/aromatic N) is 1. The summed E-state index contributed by atoms with van der Waals surface area (Å²) < 4.78 is 0. The van der Waals surface area contributed by atoms with E-state index in [0.717, 1.165) is 24.5 Å². The molecule has 0 aromatic heterocycles. The molecule has 1 rings (SSSR count). The first-order valence-corrected chi connectivity index (χ1v) is 7.70. The molecule has 3 atom stereocenters. The molecule has 2 heteroatoms. The molecule has 1 saturated carbocycles. The van der Waals surface area contributed by atoms with Crippen molar-refractivity contribution in [2.75, 3.05) is 13.1 Å². The van der Waals surface area contributed by atoms with Crippen molar-refractivity contribution in [3.8, 4) is 0 Å². The van der Waals surface area contributed by atoms with E-state index in [1.54, 1.807) is 0 Å². The van der Waals surface area contributed by atoms with E-state index in [1.165, 1.54) is 51.5 Å². The molecule has 0 aliphatic heterocycles. The Morgan fingerprint density at radius 3 is 2.53 bits per heavy atom. The summed E-state index contributed by atoms with van der Waals surface area (Å²) in [6.07, 6.45) is 9.40. The topological polar surface area (TPSA) is 29.3 Å². The molecule has 17 heavy (non-hydrogen) atoms. The fourth-order valence-electron chi connectivity index (χ4n) is 3.19. The van der Waals surface area contributed by atoms with Crippen LogP contribution in [0.1, 0.15) is 65.7 Å². The number of nitrogens with two attached hydrogens (primary N) is 1. The molecule has 0 aromatic carbocycles. The lowest BCUT2D eigenvalue weighted by Crippen LogP contribution is -2.49. The van der Waals surface area contributed by atoms with E-state index in [4.69, 9.17) is 5.73 Å². The number of rotatable bonds is 7. The predicted molar refractivity (Wildman–Crippen MR) is 76.2 cm³/mol. The third-order valence-electron chi connectivity index (χ3n) is 4.52. The highest BCUT2D eigenvalue weighted by molar-refractivity contribution is 4.86. The Balaban J connectivity index is 2.64. The van der Waals surface area contributed by atoms with Gasteiger partial charge < -0.3 is 5.73 Å². The molecule has 0 saturated heterocycles. The molecule has 102 valence electrons. The second-order valence-corrected chi connectivity index (χ2v) is 5.70. The second-order valence-electron chi connectivity index (χ2n) is 5.70. The first-order valence-electron chi connectivity index (χ1n) is 7.70. The van der Waals surface area contributed by atoms with Crippen LogP contribution in [0.25, 0.3) is 0 Å². The van der Waals surface area contributed by atoms with Crippen LogP contribution in [0.5, 0.6) is 0 Å². The van der Waals surface area contributed by atoms with Gasteiger partial charge >= 0.3 is 0 Å². The van der Waals surface area contributed by atoms with Crippen molar-refractivity contribution in [2.24, 2.45) is 11.7 Å². The van der Waals surface area contributed by atoms with E-state index in [2.05, 4.69) is 25.7 Å². The van der Waals surface area contributed by atoms with Crippen LogP contribution < -0.4 is 5.73 Å². The van der Waals surface area contributed by atoms with Gasteiger partial charge in [0, 0.05) is 12.1 Å². The third kappa shape index (κ3) is 4.26. The van der Waals surface area contributed by atoms with Crippen molar-refractivity contribution >= 4 is 0 Å². The smallest absolute Gasteiger partial charge is 0.0138 e. The van der Waals surface area contributed by atoms with Gasteiger partial charge in [-0.25, -0.2) is 0 Å². The average molecular weight is 240 g/mol. The zero-order chi connectivity index (χ0) is 12.7. The van der Waals surface area contributed by atoms with Crippen molar-refractivity contribution in [3.63, 3.8) is 0 Å². The highest BCUT2D eigenvalue weighted by Gasteiger charge is 2.30. The molecule has 3 unspecified atom stereocenters. The normalized spacial score (nSPS) is 27.4. The minimum absolute atomic E-state index is 0.721. The van der Waals surface area contributed by atoms with E-state index in [9.17, 15) is 0 Å². The molecule has 0 spiro atoms. The first kappa shape index (κ1) is 15.0. The lowest BCUT2D eigenvalue weighted by atomic mass is 9.82. The maximum atomic E-state index is 5.98. The van der Waals surface area contributed by atoms with Gasteiger partial charge in [-0.2, -0.15) is 0 Å². The summed E-state index contributed by atoms with van der Waals surface area (Å²) >= 11 is 0. The van der Waals surface area contributed by atoms with Crippen LogP contribution in [0.3, 0.4) is 0 Å². The van der Waals surface area contributed by atoms with Crippen LogP contribution >= 0.6 is 0 Å². The Morgan fingerprint density at radius 2 is 1.94 bits per heavy atom. The lowest BCUT2D eigenvalue weighted by molar-refractivity contribution is 0.0687. The van der Waals surface area contributed by atoms with Crippen LogP contribution in [0.2, 0.25) is 0 Å². The molecular weight excluding hydrogens is 208 g/mol. The monoisotopic (exact) mass is 240 g/mol. The van der Waals surface area contributed by atoms with Crippen molar-refractivity contribution < 1.29 is 0 Å². The Bertz CT molecular complexity index is 193. The molecule has 0 heterocycles. The Morgan fingerprint density at radius 1 is 1.24 bits per heavy atom. The largest absolute Gasteiger partial charge is 0.330 e. The summed E-state index contributed by atoms with van der Waals surface area (Å²) in [5, 5.41) is 0. The van der Waals surface area contributed by atoms with E-state index in [1.807, 2.05) is 0 Å². The molecule has 2 nitrogen and oxygen atoms in total. The Kier molecular flexibility index (Phi) is 7.14. The van der Waals surface area contributed by atoms with Gasteiger partial charge in [0.15, 0.2) is 0 Å². The van der Waals surface area contributed by atoms with Crippen LogP contribution in [0.4, 0.5) is 0 Å². The second kappa shape index (κ2) is 8.10. The van der Waals surface area contributed by atoms with Gasteiger partial charge in [-0.1, -0.05) is 33.1 Å². The summed E-state index contributed by atoms with van der Waals surface area (Å²) in [6, 6.07) is 1.48. The van der Waals surface area contributed by atoms with Crippen molar-refractivity contribution in [1.29, 1.82) is 0 Å². The minimum atomic E-state index is 0.721. The number of unbranched alkanes of at least 4 members (excludes halogenated alkanes) is 1. The third-order valence-corrected chi connectivity index (χ3v) is 4.52. The van der Waals surface area contributed by atoms with E-state index in [0.29, 0.717) is 0 Å². The van der Waals surface area contributed by atoms with Gasteiger partial charge in [0.25, 0.3) is 0 Å². The molecule has 1 aliphatic rings. The van der Waals surface area contributed by atoms with Crippen molar-refractivity contribution in [3.05, 3.63) is 0 Å². The maximum Gasteiger partial charge on any atom is 0.0138 e. The summed E-state index contributed by atoms with van der Waals surface area (Å²) in [5.74, 6) is 0.745. The SMILES string of the molecule is CCCCN(C(C)CC)C1CCCCC1CN. The zero-order valence-electron chi connectivity index (χ0n) is 12.1. The summed E-state index contributed by atoms with van der Waals surface area (Å²) in [6.45, 7) is 9.13. The number of hydrogen-bond donors (Lipinski definition) is 1. The molecular formula is C15H32N2. The first-order chi connectivity index (χ1) is 8.24. The van der Waals surface area contributed by atoms with Crippen LogP contribution in [0, 0.1) is 5.92 Å². The van der Waals surface area contributed by atoms with E-state index >= 15 is 0 Å². The highest BCUT2D eigenvalue weighted by atomic mass is 15.2. The molecule has 1 aliphatic carbocycles. The molecule has 0 aromatic rings. The summed E-state index contributed by atoms with van der Waals surface area (Å²) in [4.78, 5) is 2.76. The lowest BCUT2D eigenvalue weighted by Gasteiger charge is -2.43. The standard InChI is InChI=1S/C15H32N2/c1-4-6-11-17(13(3)5-2)15-10-8-7-9-14(15)12-16/h13-15H,4-12,16H2,1-3H3. The van der Waals surface area contributed by atoms with Gasteiger partial charge in [0.05, 0.1) is 0 Å². The van der Waals surface area contributed by atoms with Crippen LogP contribution in [-0.4, -0.2) is 30.1 Å². The van der Waals surface area contributed by atoms with Crippen molar-refractivity contribution in [1.82, 2.24) is 4.90 Å². The zero-order valence-corrected chi connectivity index (χ0v) is 12.1. The van der Waals surface area contributed by atoms with Gasteiger partial charge in [0.1, 0.15) is 0 Å². The molecule has 0 radical (unpaired) electrons. The van der Waals surface area contributed by atoms with Crippen LogP contribution in [0.15, 0.2) is 0 Å². The minimum Gasteiger partial charge on any atom is -0.330 e. The Hall–Kier alpha value is -0.0800.